The highest BCUT2D eigenvalue weighted by atomic mass is 35.5. The molecule has 122 valence electrons. The van der Waals surface area contributed by atoms with Crippen LogP contribution in [0.4, 0.5) is 5.82 Å². The first kappa shape index (κ1) is 14.9. The number of halogens is 1. The number of hydrogen-bond donors (Lipinski definition) is 0. The summed E-state index contributed by atoms with van der Waals surface area (Å²) in [6, 6.07) is 1.97. The summed E-state index contributed by atoms with van der Waals surface area (Å²) in [5, 5.41) is 0.251. The molecule has 23 heavy (non-hydrogen) atoms. The number of nitrogens with zero attached hydrogens (tertiary/aromatic N) is 4. The third kappa shape index (κ3) is 2.94. The van der Waals surface area contributed by atoms with Crippen LogP contribution in [0.5, 0.6) is 0 Å². The maximum Gasteiger partial charge on any atom is 0.225 e. The van der Waals surface area contributed by atoms with Crippen molar-refractivity contribution in [3.05, 3.63) is 23.2 Å². The zero-order valence-electron chi connectivity index (χ0n) is 13.1. The van der Waals surface area contributed by atoms with Crippen molar-refractivity contribution in [1.29, 1.82) is 0 Å². The van der Waals surface area contributed by atoms with Crippen LogP contribution >= 0.6 is 11.6 Å². The van der Waals surface area contributed by atoms with E-state index in [0.29, 0.717) is 18.8 Å². The van der Waals surface area contributed by atoms with Gasteiger partial charge >= 0.3 is 0 Å². The van der Waals surface area contributed by atoms with Gasteiger partial charge in [-0.15, -0.1) is 0 Å². The number of fused-ring (bicyclic) bond motifs is 1. The fourth-order valence-corrected chi connectivity index (χ4v) is 3.28. The average Bonchev–Trinajstić information content (AvgIpc) is 2.99. The number of ether oxygens (including phenoxy) is 1. The summed E-state index contributed by atoms with van der Waals surface area (Å²) in [6.45, 7) is 4.90. The van der Waals surface area contributed by atoms with Crippen molar-refractivity contribution >= 4 is 34.1 Å². The molecule has 0 aromatic carbocycles. The molecule has 6 nitrogen and oxygen atoms in total. The third-order valence-electron chi connectivity index (χ3n) is 4.30. The summed E-state index contributed by atoms with van der Waals surface area (Å²) < 4.78 is 11.5. The van der Waals surface area contributed by atoms with Gasteiger partial charge in [0.15, 0.2) is 11.4 Å². The molecule has 1 saturated heterocycles. The second-order valence-corrected chi connectivity index (χ2v) is 6.33. The van der Waals surface area contributed by atoms with Crippen LogP contribution in [0.25, 0.3) is 16.7 Å². The average molecular weight is 335 g/mol. The number of likely N-dealkylation sites (N-methyl/N-ethyl adjacent to an activating group) is 1. The highest BCUT2D eigenvalue weighted by molar-refractivity contribution is 6.28. The Kier molecular flexibility index (Phi) is 3.97. The monoisotopic (exact) mass is 334 g/mol. The summed E-state index contributed by atoms with van der Waals surface area (Å²) in [5.74, 6) is 1.62. The second-order valence-electron chi connectivity index (χ2n) is 6.00. The van der Waals surface area contributed by atoms with E-state index in [2.05, 4.69) is 32.9 Å². The van der Waals surface area contributed by atoms with E-state index in [9.17, 15) is 0 Å². The van der Waals surface area contributed by atoms with Crippen molar-refractivity contribution < 1.29 is 9.15 Å². The van der Waals surface area contributed by atoms with E-state index in [1.54, 1.807) is 0 Å². The fourth-order valence-electron chi connectivity index (χ4n) is 3.11. The van der Waals surface area contributed by atoms with E-state index in [0.717, 1.165) is 49.7 Å². The van der Waals surface area contributed by atoms with Crippen molar-refractivity contribution in [3.63, 3.8) is 0 Å². The number of anilines is 1. The van der Waals surface area contributed by atoms with Crippen molar-refractivity contribution in [2.24, 2.45) is 0 Å². The van der Waals surface area contributed by atoms with E-state index in [1.807, 2.05) is 6.07 Å². The summed E-state index contributed by atoms with van der Waals surface area (Å²) in [5.41, 5.74) is 2.66. The molecule has 0 spiro atoms. The number of rotatable bonds is 2. The lowest BCUT2D eigenvalue weighted by Crippen LogP contribution is -2.36. The SMILES string of the molecule is CN1CCC=C(c2cc3nc(Cl)nc(N4CCOCC4)c3o2)C1. The van der Waals surface area contributed by atoms with Crippen molar-refractivity contribution in [1.82, 2.24) is 14.9 Å². The van der Waals surface area contributed by atoms with Crippen LogP contribution in [0.1, 0.15) is 12.2 Å². The Morgan fingerprint density at radius 1 is 1.17 bits per heavy atom. The molecule has 4 rings (SSSR count). The first-order chi connectivity index (χ1) is 11.2. The zero-order chi connectivity index (χ0) is 15.8. The Morgan fingerprint density at radius 3 is 2.78 bits per heavy atom. The van der Waals surface area contributed by atoms with Crippen LogP contribution < -0.4 is 4.90 Å². The minimum Gasteiger partial charge on any atom is -0.451 e. The van der Waals surface area contributed by atoms with Gasteiger partial charge in [-0.3, -0.25) is 0 Å². The van der Waals surface area contributed by atoms with Crippen molar-refractivity contribution in [2.45, 2.75) is 6.42 Å². The molecule has 0 saturated carbocycles. The van der Waals surface area contributed by atoms with Gasteiger partial charge in [-0.05, 0) is 25.1 Å². The van der Waals surface area contributed by atoms with Gasteiger partial charge in [-0.1, -0.05) is 6.08 Å². The van der Waals surface area contributed by atoms with Crippen LogP contribution in [0, 0.1) is 0 Å². The number of furan rings is 1. The van der Waals surface area contributed by atoms with E-state index in [4.69, 9.17) is 20.8 Å². The summed E-state index contributed by atoms with van der Waals surface area (Å²) >= 11 is 6.12. The Balaban J connectivity index is 1.77. The molecule has 7 heteroatoms. The van der Waals surface area contributed by atoms with Crippen LogP contribution in [0.2, 0.25) is 5.28 Å². The van der Waals surface area contributed by atoms with E-state index >= 15 is 0 Å². The molecule has 0 atom stereocenters. The molecule has 2 aliphatic heterocycles. The highest BCUT2D eigenvalue weighted by Crippen LogP contribution is 2.32. The molecule has 0 N–H and O–H groups in total. The molecule has 0 unspecified atom stereocenters. The van der Waals surface area contributed by atoms with Gasteiger partial charge in [0.05, 0.1) is 13.2 Å². The Labute approximate surface area is 139 Å². The van der Waals surface area contributed by atoms with Gasteiger partial charge < -0.3 is 19.0 Å². The molecule has 0 aliphatic carbocycles. The molecule has 4 heterocycles. The quantitative estimate of drug-likeness (QED) is 0.786. The van der Waals surface area contributed by atoms with Gasteiger partial charge in [0, 0.05) is 37.8 Å². The Hall–Kier alpha value is -1.63. The Morgan fingerprint density at radius 2 is 2.00 bits per heavy atom. The maximum atomic E-state index is 6.13. The summed E-state index contributed by atoms with van der Waals surface area (Å²) in [7, 11) is 2.12. The van der Waals surface area contributed by atoms with Gasteiger partial charge in [0.25, 0.3) is 0 Å². The predicted octanol–water partition coefficient (Wildman–Crippen LogP) is 2.43. The fraction of sp³-hybridized carbons (Fsp3) is 0.500. The molecule has 1 fully saturated rings. The molecule has 2 aromatic rings. The zero-order valence-corrected chi connectivity index (χ0v) is 13.8. The van der Waals surface area contributed by atoms with Crippen LogP contribution in [0.3, 0.4) is 0 Å². The van der Waals surface area contributed by atoms with E-state index in [-0.39, 0.29) is 5.28 Å². The molecule has 2 aliphatic rings. The van der Waals surface area contributed by atoms with Crippen LogP contribution in [-0.2, 0) is 4.74 Å². The van der Waals surface area contributed by atoms with Crippen LogP contribution in [-0.4, -0.2) is 61.3 Å². The van der Waals surface area contributed by atoms with Crippen LogP contribution in [0.15, 0.2) is 16.6 Å². The van der Waals surface area contributed by atoms with Gasteiger partial charge in [0.2, 0.25) is 5.28 Å². The van der Waals surface area contributed by atoms with Crippen molar-refractivity contribution in [2.75, 3.05) is 51.3 Å². The lowest BCUT2D eigenvalue weighted by Gasteiger charge is -2.27. The smallest absolute Gasteiger partial charge is 0.225 e. The number of aromatic nitrogens is 2. The third-order valence-corrected chi connectivity index (χ3v) is 4.46. The molecule has 2 aromatic heterocycles. The van der Waals surface area contributed by atoms with Gasteiger partial charge in [-0.25, -0.2) is 4.98 Å². The molecule has 0 amide bonds. The Bertz CT molecular complexity index is 752. The maximum absolute atomic E-state index is 6.13. The lowest BCUT2D eigenvalue weighted by molar-refractivity contribution is 0.122. The predicted molar refractivity (Wildman–Crippen MR) is 89.9 cm³/mol. The number of morpholine rings is 1. The topological polar surface area (TPSA) is 54.6 Å². The van der Waals surface area contributed by atoms with Crippen molar-refractivity contribution in [3.8, 4) is 0 Å². The first-order valence-corrected chi connectivity index (χ1v) is 8.26. The molecular weight excluding hydrogens is 316 g/mol. The van der Waals surface area contributed by atoms with Gasteiger partial charge in [0.1, 0.15) is 11.3 Å². The normalized spacial score (nSPS) is 20.1. The molecule has 0 radical (unpaired) electrons. The largest absolute Gasteiger partial charge is 0.451 e. The lowest BCUT2D eigenvalue weighted by atomic mass is 10.1. The summed E-state index contributed by atoms with van der Waals surface area (Å²) in [4.78, 5) is 13.2. The van der Waals surface area contributed by atoms with E-state index in [1.165, 1.54) is 5.57 Å². The van der Waals surface area contributed by atoms with Gasteiger partial charge in [-0.2, -0.15) is 4.98 Å². The highest BCUT2D eigenvalue weighted by Gasteiger charge is 2.22. The molecule has 0 bridgehead atoms. The summed E-state index contributed by atoms with van der Waals surface area (Å²) in [6.07, 6.45) is 3.27. The minimum absolute atomic E-state index is 0.251. The first-order valence-electron chi connectivity index (χ1n) is 7.88. The van der Waals surface area contributed by atoms with E-state index < -0.39 is 0 Å². The molecular formula is C16H19ClN4O2. The minimum atomic E-state index is 0.251. The second kappa shape index (κ2) is 6.11. The number of hydrogen-bond acceptors (Lipinski definition) is 6. The standard InChI is InChI=1S/C16H19ClN4O2/c1-20-4-2-3-11(10-20)13-9-12-14(23-13)15(19-16(17)18-12)21-5-7-22-8-6-21/h3,9H,2,4-8,10H2,1H3.